The van der Waals surface area contributed by atoms with Gasteiger partial charge >= 0.3 is 0 Å². The second-order valence-corrected chi connectivity index (χ2v) is 6.11. The summed E-state index contributed by atoms with van der Waals surface area (Å²) in [5.74, 6) is 0. The van der Waals surface area contributed by atoms with E-state index >= 15 is 0 Å². The van der Waals surface area contributed by atoms with Crippen molar-refractivity contribution in [2.75, 3.05) is 0 Å². The minimum atomic E-state index is 1.32. The maximum absolute atomic E-state index is 2.42. The van der Waals surface area contributed by atoms with Crippen LogP contribution >= 0.6 is 11.3 Å². The Morgan fingerprint density at radius 3 is 2.74 bits per heavy atom. The van der Waals surface area contributed by atoms with Gasteiger partial charge in [-0.25, -0.2) is 0 Å². The van der Waals surface area contributed by atoms with Gasteiger partial charge in [0.1, 0.15) is 0 Å². The Hall–Kier alpha value is -2.06. The Balaban J connectivity index is 2.29. The van der Waals surface area contributed by atoms with Crippen LogP contribution in [0.1, 0.15) is 5.56 Å². The number of fused-ring (bicyclic) bond motifs is 6. The van der Waals surface area contributed by atoms with Crippen LogP contribution in [0.25, 0.3) is 37.4 Å². The Bertz CT molecular complexity index is 1060. The van der Waals surface area contributed by atoms with Crippen LogP contribution in [0.4, 0.5) is 0 Å². The number of aromatic nitrogens is 1. The van der Waals surface area contributed by atoms with Crippen molar-refractivity contribution in [3.8, 4) is 0 Å². The molecule has 0 saturated heterocycles. The zero-order chi connectivity index (χ0) is 12.6. The molecule has 0 unspecified atom stereocenters. The molecule has 0 aliphatic rings. The van der Waals surface area contributed by atoms with Crippen LogP contribution in [-0.2, 0) is 0 Å². The fourth-order valence-electron chi connectivity index (χ4n) is 3.30. The molecule has 5 rings (SSSR count). The lowest BCUT2D eigenvalue weighted by Gasteiger charge is -1.96. The second kappa shape index (κ2) is 3.09. The molecular weight excluding hydrogens is 250 g/mol. The summed E-state index contributed by atoms with van der Waals surface area (Å²) >= 11 is 1.84. The highest BCUT2D eigenvalue weighted by Gasteiger charge is 2.17. The highest BCUT2D eigenvalue weighted by atomic mass is 32.1. The molecule has 0 amide bonds. The average molecular weight is 261 g/mol. The molecule has 0 spiro atoms. The quantitative estimate of drug-likeness (QED) is 0.360. The van der Waals surface area contributed by atoms with Crippen LogP contribution in [-0.4, -0.2) is 4.40 Å². The van der Waals surface area contributed by atoms with Gasteiger partial charge in [-0.2, -0.15) is 0 Å². The van der Waals surface area contributed by atoms with Crippen molar-refractivity contribution >= 4 is 48.7 Å². The van der Waals surface area contributed by atoms with E-state index in [2.05, 4.69) is 59.2 Å². The Kier molecular flexibility index (Phi) is 1.60. The van der Waals surface area contributed by atoms with Crippen molar-refractivity contribution < 1.29 is 0 Å². The molecule has 0 radical (unpaired) electrons. The van der Waals surface area contributed by atoms with Crippen molar-refractivity contribution in [2.45, 2.75) is 6.92 Å². The first-order valence-electron chi connectivity index (χ1n) is 6.46. The topological polar surface area (TPSA) is 4.41 Å². The lowest BCUT2D eigenvalue weighted by atomic mass is 10.1. The van der Waals surface area contributed by atoms with Gasteiger partial charge in [-0.1, -0.05) is 29.8 Å². The molecule has 2 aromatic carbocycles. The maximum Gasteiger partial charge on any atom is 0.0649 e. The smallest absolute Gasteiger partial charge is 0.0649 e. The van der Waals surface area contributed by atoms with E-state index in [-0.39, 0.29) is 0 Å². The van der Waals surface area contributed by atoms with E-state index in [1.165, 1.54) is 43.0 Å². The number of rotatable bonds is 0. The van der Waals surface area contributed by atoms with Crippen LogP contribution in [0, 0.1) is 6.92 Å². The molecule has 2 heteroatoms. The number of thiophene rings is 1. The predicted molar refractivity (Wildman–Crippen MR) is 83.7 cm³/mol. The number of aryl methyl sites for hydroxylation is 1. The number of benzene rings is 2. The molecule has 0 aliphatic heterocycles. The first-order chi connectivity index (χ1) is 9.34. The van der Waals surface area contributed by atoms with Crippen LogP contribution in [0.15, 0.2) is 47.8 Å². The summed E-state index contributed by atoms with van der Waals surface area (Å²) in [4.78, 5) is 0. The standard InChI is InChI=1S/C17H11NS/c1-10-5-6-14-13(9-10)11-3-2-4-12-16(11)18(14)15-7-8-19-17(12)15/h2-9H,1H3. The zero-order valence-electron chi connectivity index (χ0n) is 10.5. The molecule has 3 aromatic heterocycles. The van der Waals surface area contributed by atoms with Gasteiger partial charge in [-0.3, -0.25) is 0 Å². The van der Waals surface area contributed by atoms with Gasteiger partial charge in [0.2, 0.25) is 0 Å². The molecule has 5 aromatic rings. The third-order valence-corrected chi connectivity index (χ3v) is 5.01. The summed E-state index contributed by atoms with van der Waals surface area (Å²) in [5.41, 5.74) is 5.37. The number of para-hydroxylation sites is 1. The SMILES string of the molecule is Cc1ccc2c(c1)c1cccc3c4sccc4n2c13. The largest absolute Gasteiger partial charge is 0.307 e. The maximum atomic E-state index is 2.42. The summed E-state index contributed by atoms with van der Waals surface area (Å²) < 4.78 is 3.83. The first kappa shape index (κ1) is 9.82. The number of nitrogens with zero attached hydrogens (tertiary/aromatic N) is 1. The normalized spacial score (nSPS) is 12.5. The van der Waals surface area contributed by atoms with Gasteiger partial charge in [-0.15, -0.1) is 11.3 Å². The molecule has 19 heavy (non-hydrogen) atoms. The van der Waals surface area contributed by atoms with Crippen molar-refractivity contribution in [1.82, 2.24) is 4.40 Å². The summed E-state index contributed by atoms with van der Waals surface area (Å²) in [7, 11) is 0. The third-order valence-electron chi connectivity index (χ3n) is 4.07. The van der Waals surface area contributed by atoms with Gasteiger partial charge in [-0.05, 0) is 30.5 Å². The Labute approximate surface area is 114 Å². The summed E-state index contributed by atoms with van der Waals surface area (Å²) in [5, 5.41) is 6.32. The van der Waals surface area contributed by atoms with E-state index in [0.29, 0.717) is 0 Å². The van der Waals surface area contributed by atoms with Crippen molar-refractivity contribution in [2.24, 2.45) is 0 Å². The molecular formula is C17H11NS. The molecule has 0 aliphatic carbocycles. The summed E-state index contributed by atoms with van der Waals surface area (Å²) in [6, 6.07) is 15.7. The van der Waals surface area contributed by atoms with Crippen LogP contribution < -0.4 is 0 Å². The third kappa shape index (κ3) is 1.03. The number of hydrogen-bond acceptors (Lipinski definition) is 1. The van der Waals surface area contributed by atoms with E-state index < -0.39 is 0 Å². The Morgan fingerprint density at radius 2 is 1.79 bits per heavy atom. The predicted octanol–water partition coefficient (Wildman–Crippen LogP) is 5.21. The Morgan fingerprint density at radius 1 is 0.895 bits per heavy atom. The highest BCUT2D eigenvalue weighted by Crippen LogP contribution is 2.40. The van der Waals surface area contributed by atoms with Gasteiger partial charge in [0.15, 0.2) is 0 Å². The minimum absolute atomic E-state index is 1.32. The van der Waals surface area contributed by atoms with Crippen molar-refractivity contribution in [3.63, 3.8) is 0 Å². The summed E-state index contributed by atoms with van der Waals surface area (Å²) in [6.07, 6.45) is 0. The first-order valence-corrected chi connectivity index (χ1v) is 7.34. The zero-order valence-corrected chi connectivity index (χ0v) is 11.3. The fraction of sp³-hybridized carbons (Fsp3) is 0.0588. The van der Waals surface area contributed by atoms with Crippen molar-refractivity contribution in [1.29, 1.82) is 0 Å². The summed E-state index contributed by atoms with van der Waals surface area (Å²) in [6.45, 7) is 2.16. The minimum Gasteiger partial charge on any atom is -0.307 e. The number of hydrogen-bond donors (Lipinski definition) is 0. The lowest BCUT2D eigenvalue weighted by Crippen LogP contribution is -1.78. The van der Waals surface area contributed by atoms with Crippen LogP contribution in [0.3, 0.4) is 0 Å². The van der Waals surface area contributed by atoms with E-state index in [1.54, 1.807) is 0 Å². The lowest BCUT2D eigenvalue weighted by molar-refractivity contribution is 1.37. The molecule has 0 fully saturated rings. The molecule has 0 saturated carbocycles. The van der Waals surface area contributed by atoms with Crippen LogP contribution in [0.2, 0.25) is 0 Å². The van der Waals surface area contributed by atoms with Crippen LogP contribution in [0.5, 0.6) is 0 Å². The van der Waals surface area contributed by atoms with Gasteiger partial charge in [0, 0.05) is 16.2 Å². The van der Waals surface area contributed by atoms with Gasteiger partial charge in [0.05, 0.1) is 21.3 Å². The monoisotopic (exact) mass is 261 g/mol. The molecule has 90 valence electrons. The molecule has 1 nitrogen and oxygen atoms in total. The molecule has 0 N–H and O–H groups in total. The average Bonchev–Trinajstić information content (AvgIpc) is 3.06. The van der Waals surface area contributed by atoms with E-state index in [9.17, 15) is 0 Å². The van der Waals surface area contributed by atoms with E-state index in [1.807, 2.05) is 11.3 Å². The molecule has 0 bridgehead atoms. The fourth-order valence-corrected chi connectivity index (χ4v) is 4.20. The van der Waals surface area contributed by atoms with E-state index in [0.717, 1.165) is 0 Å². The molecule has 3 heterocycles. The second-order valence-electron chi connectivity index (χ2n) is 5.19. The highest BCUT2D eigenvalue weighted by molar-refractivity contribution is 7.18. The van der Waals surface area contributed by atoms with Gasteiger partial charge in [0.25, 0.3) is 0 Å². The van der Waals surface area contributed by atoms with E-state index in [4.69, 9.17) is 0 Å². The van der Waals surface area contributed by atoms with Crippen molar-refractivity contribution in [3.05, 3.63) is 53.4 Å². The molecule has 0 atom stereocenters. The van der Waals surface area contributed by atoms with Gasteiger partial charge < -0.3 is 4.40 Å².